The van der Waals surface area contributed by atoms with Gasteiger partial charge >= 0.3 is 0 Å². The third-order valence-corrected chi connectivity index (χ3v) is 5.38. The molecule has 0 heterocycles. The first kappa shape index (κ1) is 23.2. The van der Waals surface area contributed by atoms with E-state index in [0.29, 0.717) is 16.6 Å². The van der Waals surface area contributed by atoms with Crippen molar-refractivity contribution in [3.63, 3.8) is 0 Å². The van der Waals surface area contributed by atoms with Crippen molar-refractivity contribution in [1.29, 1.82) is 0 Å². The molecular formula is C23H28Cl2N2O2. The summed E-state index contributed by atoms with van der Waals surface area (Å²) < 4.78 is 0. The number of hydrogen-bond donors (Lipinski definition) is 1. The normalized spacial score (nSPS) is 11.8. The van der Waals surface area contributed by atoms with Crippen LogP contribution >= 0.6 is 23.2 Å². The summed E-state index contributed by atoms with van der Waals surface area (Å²) in [6.45, 7) is 6.64. The highest BCUT2D eigenvalue weighted by atomic mass is 35.5. The topological polar surface area (TPSA) is 49.4 Å². The van der Waals surface area contributed by atoms with Crippen LogP contribution in [0.1, 0.15) is 43.4 Å². The largest absolute Gasteiger partial charge is 0.354 e. The molecule has 0 spiro atoms. The molecule has 29 heavy (non-hydrogen) atoms. The molecule has 0 fully saturated rings. The Morgan fingerprint density at radius 2 is 1.90 bits per heavy atom. The number of nitrogens with zero attached hydrogens (tertiary/aromatic N) is 1. The number of carbonyl (C=O) groups is 2. The lowest BCUT2D eigenvalue weighted by Crippen LogP contribution is -2.48. The van der Waals surface area contributed by atoms with Gasteiger partial charge in [0.05, 0.1) is 6.42 Å². The van der Waals surface area contributed by atoms with Crippen molar-refractivity contribution in [2.75, 3.05) is 6.54 Å². The molecular weight excluding hydrogens is 407 g/mol. The van der Waals surface area contributed by atoms with Crippen molar-refractivity contribution in [3.05, 3.63) is 69.2 Å². The highest BCUT2D eigenvalue weighted by molar-refractivity contribution is 6.35. The predicted octanol–water partition coefficient (Wildman–Crippen LogP) is 5.18. The van der Waals surface area contributed by atoms with Crippen LogP contribution in [0.3, 0.4) is 0 Å². The van der Waals surface area contributed by atoms with Gasteiger partial charge in [0.1, 0.15) is 6.04 Å². The number of benzene rings is 2. The third kappa shape index (κ3) is 7.06. The van der Waals surface area contributed by atoms with Gasteiger partial charge in [-0.2, -0.15) is 0 Å². The van der Waals surface area contributed by atoms with Crippen molar-refractivity contribution in [2.45, 2.75) is 52.6 Å². The minimum Gasteiger partial charge on any atom is -0.354 e. The molecule has 2 amide bonds. The predicted molar refractivity (Wildman–Crippen MR) is 119 cm³/mol. The van der Waals surface area contributed by atoms with Gasteiger partial charge in [-0.3, -0.25) is 9.59 Å². The van der Waals surface area contributed by atoms with Crippen LogP contribution in [0, 0.1) is 6.92 Å². The van der Waals surface area contributed by atoms with E-state index in [9.17, 15) is 9.59 Å². The first-order valence-electron chi connectivity index (χ1n) is 9.88. The molecule has 1 unspecified atom stereocenters. The zero-order valence-corrected chi connectivity index (χ0v) is 18.7. The Kier molecular flexibility index (Phi) is 8.99. The molecule has 0 aliphatic rings. The van der Waals surface area contributed by atoms with E-state index in [1.165, 1.54) is 0 Å². The lowest BCUT2D eigenvalue weighted by atomic mass is 10.1. The SMILES string of the molecule is CCCCNC(=O)C(C)N(Cc1ccc(Cl)cc1Cl)C(=O)Cc1cccc(C)c1. The van der Waals surface area contributed by atoms with Gasteiger partial charge in [-0.25, -0.2) is 0 Å². The summed E-state index contributed by atoms with van der Waals surface area (Å²) >= 11 is 12.3. The Bertz CT molecular complexity index is 855. The monoisotopic (exact) mass is 434 g/mol. The fourth-order valence-electron chi connectivity index (χ4n) is 3.05. The minimum atomic E-state index is -0.615. The van der Waals surface area contributed by atoms with Gasteiger partial charge in [-0.05, 0) is 43.5 Å². The Morgan fingerprint density at radius 3 is 2.55 bits per heavy atom. The van der Waals surface area contributed by atoms with Crippen LogP contribution in [0.15, 0.2) is 42.5 Å². The number of amides is 2. The number of nitrogens with one attached hydrogen (secondary N) is 1. The maximum Gasteiger partial charge on any atom is 0.242 e. The van der Waals surface area contributed by atoms with Crippen LogP contribution in [0.25, 0.3) is 0 Å². The molecule has 0 saturated carbocycles. The number of rotatable bonds is 9. The standard InChI is InChI=1S/C23H28Cl2N2O2/c1-4-5-11-26-23(29)17(3)27(15-19-9-10-20(24)14-21(19)25)22(28)13-18-8-6-7-16(2)12-18/h6-10,12,14,17H,4-5,11,13,15H2,1-3H3,(H,26,29). The van der Waals surface area contributed by atoms with Crippen LogP contribution in [0.5, 0.6) is 0 Å². The summed E-state index contributed by atoms with van der Waals surface area (Å²) in [4.78, 5) is 27.4. The van der Waals surface area contributed by atoms with E-state index in [2.05, 4.69) is 12.2 Å². The molecule has 0 aliphatic heterocycles. The van der Waals surface area contributed by atoms with E-state index < -0.39 is 6.04 Å². The van der Waals surface area contributed by atoms with E-state index in [0.717, 1.165) is 29.5 Å². The molecule has 4 nitrogen and oxygen atoms in total. The van der Waals surface area contributed by atoms with Gasteiger partial charge in [0, 0.05) is 23.1 Å². The average molecular weight is 435 g/mol. The number of carbonyl (C=O) groups excluding carboxylic acids is 2. The maximum atomic E-state index is 13.2. The van der Waals surface area contributed by atoms with E-state index in [1.54, 1.807) is 30.0 Å². The Balaban J connectivity index is 2.23. The minimum absolute atomic E-state index is 0.125. The molecule has 2 rings (SSSR count). The molecule has 0 bridgehead atoms. The molecule has 2 aromatic rings. The third-order valence-electron chi connectivity index (χ3n) is 4.79. The summed E-state index contributed by atoms with van der Waals surface area (Å²) in [5, 5.41) is 3.92. The van der Waals surface area contributed by atoms with Gasteiger partial charge in [-0.1, -0.05) is 72.4 Å². The van der Waals surface area contributed by atoms with E-state index in [-0.39, 0.29) is 24.8 Å². The second-order valence-corrected chi connectivity index (χ2v) is 8.09. The summed E-state index contributed by atoms with van der Waals surface area (Å²) in [6.07, 6.45) is 2.11. The lowest BCUT2D eigenvalue weighted by Gasteiger charge is -2.29. The van der Waals surface area contributed by atoms with Crippen LogP contribution in [-0.4, -0.2) is 29.3 Å². The fraction of sp³-hybridized carbons (Fsp3) is 0.391. The molecule has 0 radical (unpaired) electrons. The maximum absolute atomic E-state index is 13.2. The Hall–Kier alpha value is -2.04. The summed E-state index contributed by atoms with van der Waals surface area (Å²) in [6, 6.07) is 12.4. The van der Waals surface area contributed by atoms with Crippen LogP contribution in [0.2, 0.25) is 10.0 Å². The smallest absolute Gasteiger partial charge is 0.242 e. The van der Waals surface area contributed by atoms with Gasteiger partial charge < -0.3 is 10.2 Å². The first-order chi connectivity index (χ1) is 13.8. The van der Waals surface area contributed by atoms with Crippen molar-refractivity contribution in [2.24, 2.45) is 0 Å². The number of hydrogen-bond acceptors (Lipinski definition) is 2. The van der Waals surface area contributed by atoms with Gasteiger partial charge in [0.25, 0.3) is 0 Å². The molecule has 1 atom stereocenters. The molecule has 0 aliphatic carbocycles. The van der Waals surface area contributed by atoms with Crippen molar-refractivity contribution in [1.82, 2.24) is 10.2 Å². The van der Waals surface area contributed by atoms with E-state index >= 15 is 0 Å². The summed E-state index contributed by atoms with van der Waals surface area (Å²) in [7, 11) is 0. The molecule has 0 saturated heterocycles. The van der Waals surface area contributed by atoms with Gasteiger partial charge in [0.2, 0.25) is 11.8 Å². The first-order valence-corrected chi connectivity index (χ1v) is 10.6. The Morgan fingerprint density at radius 1 is 1.14 bits per heavy atom. The lowest BCUT2D eigenvalue weighted by molar-refractivity contribution is -0.140. The zero-order chi connectivity index (χ0) is 21.4. The average Bonchev–Trinajstić information content (AvgIpc) is 2.67. The number of unbranched alkanes of at least 4 members (excludes halogenated alkanes) is 1. The molecule has 156 valence electrons. The summed E-state index contributed by atoms with van der Waals surface area (Å²) in [5.74, 6) is -0.291. The van der Waals surface area contributed by atoms with Gasteiger partial charge in [0.15, 0.2) is 0 Å². The van der Waals surface area contributed by atoms with Crippen LogP contribution in [-0.2, 0) is 22.6 Å². The molecule has 6 heteroatoms. The summed E-state index contributed by atoms with van der Waals surface area (Å²) in [5.41, 5.74) is 2.76. The van der Waals surface area contributed by atoms with Crippen molar-refractivity contribution < 1.29 is 9.59 Å². The number of halogens is 2. The molecule has 1 N–H and O–H groups in total. The molecule has 0 aromatic heterocycles. The highest BCUT2D eigenvalue weighted by Crippen LogP contribution is 2.23. The van der Waals surface area contributed by atoms with Gasteiger partial charge in [-0.15, -0.1) is 0 Å². The highest BCUT2D eigenvalue weighted by Gasteiger charge is 2.26. The zero-order valence-electron chi connectivity index (χ0n) is 17.2. The quantitative estimate of drug-likeness (QED) is 0.552. The Labute approximate surface area is 183 Å². The second kappa shape index (κ2) is 11.2. The van der Waals surface area contributed by atoms with Crippen LogP contribution in [0.4, 0.5) is 0 Å². The van der Waals surface area contributed by atoms with Crippen LogP contribution < -0.4 is 5.32 Å². The number of aryl methyl sites for hydroxylation is 1. The van der Waals surface area contributed by atoms with E-state index in [4.69, 9.17) is 23.2 Å². The molecule has 2 aromatic carbocycles. The van der Waals surface area contributed by atoms with E-state index in [1.807, 2.05) is 31.2 Å². The van der Waals surface area contributed by atoms with Crippen molar-refractivity contribution >= 4 is 35.0 Å². The second-order valence-electron chi connectivity index (χ2n) is 7.24. The fourth-order valence-corrected chi connectivity index (χ4v) is 3.52. The van der Waals surface area contributed by atoms with Crippen molar-refractivity contribution in [3.8, 4) is 0 Å².